The van der Waals surface area contributed by atoms with Gasteiger partial charge in [-0.3, -0.25) is 0 Å². The van der Waals surface area contributed by atoms with E-state index in [1.807, 2.05) is 0 Å². The minimum Gasteiger partial charge on any atom is -0.309 e. The lowest BCUT2D eigenvalue weighted by Crippen LogP contribution is -1.96. The zero-order valence-electron chi connectivity index (χ0n) is 13.2. The molecule has 0 saturated heterocycles. The zero-order chi connectivity index (χ0) is 15.3. The normalized spacial score (nSPS) is 11.4. The number of aromatic nitrogens is 1. The molecule has 108 valence electrons. The molecule has 1 heteroatoms. The average molecular weight is 285 g/mol. The quantitative estimate of drug-likeness (QED) is 0.422. The maximum atomic E-state index is 2.40. The van der Waals surface area contributed by atoms with Gasteiger partial charge in [0.05, 0.1) is 11.0 Å². The molecule has 3 aromatic carbocycles. The van der Waals surface area contributed by atoms with Crippen LogP contribution in [0.5, 0.6) is 0 Å². The van der Waals surface area contributed by atoms with Gasteiger partial charge in [0.15, 0.2) is 0 Å². The van der Waals surface area contributed by atoms with Gasteiger partial charge in [0.1, 0.15) is 0 Å². The molecule has 1 aromatic heterocycles. The lowest BCUT2D eigenvalue weighted by atomic mass is 10.1. The highest BCUT2D eigenvalue weighted by atomic mass is 15.0. The summed E-state index contributed by atoms with van der Waals surface area (Å²) in [5, 5.41) is 2.70. The van der Waals surface area contributed by atoms with Crippen molar-refractivity contribution < 1.29 is 0 Å². The van der Waals surface area contributed by atoms with Crippen LogP contribution in [0.25, 0.3) is 27.5 Å². The molecule has 0 aliphatic rings. The minimum absolute atomic E-state index is 1.26. The van der Waals surface area contributed by atoms with Crippen molar-refractivity contribution in [3.05, 3.63) is 77.4 Å². The molecule has 0 aliphatic heterocycles. The van der Waals surface area contributed by atoms with E-state index in [1.54, 1.807) is 0 Å². The molecule has 1 heterocycles. The number of aryl methyl sites for hydroxylation is 3. The summed E-state index contributed by atoms with van der Waals surface area (Å²) in [6.07, 6.45) is 0. The van der Waals surface area contributed by atoms with Crippen molar-refractivity contribution in [2.75, 3.05) is 0 Å². The van der Waals surface area contributed by atoms with Crippen molar-refractivity contribution in [2.45, 2.75) is 20.8 Å². The predicted octanol–water partition coefficient (Wildman–Crippen LogP) is 5.71. The Hall–Kier alpha value is -2.54. The number of nitrogens with zero attached hydrogens (tertiary/aromatic N) is 1. The number of rotatable bonds is 1. The summed E-state index contributed by atoms with van der Waals surface area (Å²) in [6, 6.07) is 21.9. The predicted molar refractivity (Wildman–Crippen MR) is 95.0 cm³/mol. The molecule has 0 amide bonds. The summed E-state index contributed by atoms with van der Waals surface area (Å²) >= 11 is 0. The Labute approximate surface area is 130 Å². The van der Waals surface area contributed by atoms with E-state index in [2.05, 4.69) is 86.0 Å². The van der Waals surface area contributed by atoms with E-state index in [0.717, 1.165) is 0 Å². The van der Waals surface area contributed by atoms with E-state index in [1.165, 1.54) is 44.2 Å². The minimum atomic E-state index is 1.26. The highest BCUT2D eigenvalue weighted by Gasteiger charge is 2.14. The van der Waals surface area contributed by atoms with Crippen LogP contribution in [0.3, 0.4) is 0 Å². The first-order valence-electron chi connectivity index (χ1n) is 7.73. The van der Waals surface area contributed by atoms with Crippen LogP contribution in [0.1, 0.15) is 16.7 Å². The smallest absolute Gasteiger partial charge is 0.0543 e. The summed E-state index contributed by atoms with van der Waals surface area (Å²) in [6.45, 7) is 6.54. The molecular formula is C21H19N. The number of benzene rings is 3. The maximum Gasteiger partial charge on any atom is 0.0543 e. The van der Waals surface area contributed by atoms with Gasteiger partial charge in [0.2, 0.25) is 0 Å². The highest BCUT2D eigenvalue weighted by molar-refractivity contribution is 6.11. The largest absolute Gasteiger partial charge is 0.309 e. The van der Waals surface area contributed by atoms with E-state index in [-0.39, 0.29) is 0 Å². The van der Waals surface area contributed by atoms with Crippen LogP contribution in [0.4, 0.5) is 0 Å². The maximum absolute atomic E-state index is 2.40. The molecule has 0 bridgehead atoms. The van der Waals surface area contributed by atoms with Crippen molar-refractivity contribution in [3.63, 3.8) is 0 Å². The molecule has 0 N–H and O–H groups in total. The summed E-state index contributed by atoms with van der Waals surface area (Å²) in [5.74, 6) is 0. The van der Waals surface area contributed by atoms with Crippen molar-refractivity contribution >= 4 is 21.8 Å². The third-order valence-electron chi connectivity index (χ3n) is 4.51. The van der Waals surface area contributed by atoms with Crippen LogP contribution in [0.15, 0.2) is 60.7 Å². The second kappa shape index (κ2) is 4.74. The van der Waals surface area contributed by atoms with Crippen molar-refractivity contribution in [1.29, 1.82) is 0 Å². The first-order valence-corrected chi connectivity index (χ1v) is 7.73. The van der Waals surface area contributed by atoms with Crippen LogP contribution in [0.2, 0.25) is 0 Å². The van der Waals surface area contributed by atoms with Crippen LogP contribution in [-0.4, -0.2) is 4.57 Å². The molecule has 0 radical (unpaired) electrons. The fraction of sp³-hybridized carbons (Fsp3) is 0.143. The van der Waals surface area contributed by atoms with Gasteiger partial charge in [-0.05, 0) is 55.7 Å². The SMILES string of the molecule is Cc1ccc2c3c(C)cccc3n(-c3ccccc3C)c2c1. The molecule has 0 spiro atoms. The summed E-state index contributed by atoms with van der Waals surface area (Å²) in [5.41, 5.74) is 7.76. The van der Waals surface area contributed by atoms with Crippen molar-refractivity contribution in [2.24, 2.45) is 0 Å². The van der Waals surface area contributed by atoms with Gasteiger partial charge in [0, 0.05) is 16.5 Å². The van der Waals surface area contributed by atoms with Crippen LogP contribution < -0.4 is 0 Å². The number of hydrogen-bond donors (Lipinski definition) is 0. The summed E-state index contributed by atoms with van der Waals surface area (Å²) in [4.78, 5) is 0. The van der Waals surface area contributed by atoms with Gasteiger partial charge in [-0.1, -0.05) is 42.5 Å². The van der Waals surface area contributed by atoms with E-state index in [9.17, 15) is 0 Å². The Morgan fingerprint density at radius 2 is 1.45 bits per heavy atom. The number of hydrogen-bond acceptors (Lipinski definition) is 0. The average Bonchev–Trinajstić information content (AvgIpc) is 2.82. The van der Waals surface area contributed by atoms with Gasteiger partial charge < -0.3 is 4.57 Å². The summed E-state index contributed by atoms with van der Waals surface area (Å²) < 4.78 is 2.40. The van der Waals surface area contributed by atoms with E-state index in [4.69, 9.17) is 0 Å². The third-order valence-corrected chi connectivity index (χ3v) is 4.51. The first-order chi connectivity index (χ1) is 10.7. The lowest BCUT2D eigenvalue weighted by molar-refractivity contribution is 1.15. The van der Waals surface area contributed by atoms with Gasteiger partial charge in [-0.25, -0.2) is 0 Å². The van der Waals surface area contributed by atoms with Gasteiger partial charge >= 0.3 is 0 Å². The van der Waals surface area contributed by atoms with E-state index in [0.29, 0.717) is 0 Å². The molecule has 0 aliphatic carbocycles. The molecule has 22 heavy (non-hydrogen) atoms. The fourth-order valence-corrected chi connectivity index (χ4v) is 3.43. The molecule has 1 nitrogen and oxygen atoms in total. The van der Waals surface area contributed by atoms with Crippen molar-refractivity contribution in [3.8, 4) is 5.69 Å². The third kappa shape index (κ3) is 1.79. The Morgan fingerprint density at radius 1 is 0.682 bits per heavy atom. The van der Waals surface area contributed by atoms with Crippen LogP contribution in [0, 0.1) is 20.8 Å². The van der Waals surface area contributed by atoms with Crippen molar-refractivity contribution in [1.82, 2.24) is 4.57 Å². The zero-order valence-corrected chi connectivity index (χ0v) is 13.2. The van der Waals surface area contributed by atoms with Gasteiger partial charge in [0.25, 0.3) is 0 Å². The molecular weight excluding hydrogens is 266 g/mol. The topological polar surface area (TPSA) is 4.93 Å². The van der Waals surface area contributed by atoms with Crippen LogP contribution >= 0.6 is 0 Å². The lowest BCUT2D eigenvalue weighted by Gasteiger charge is -2.11. The van der Waals surface area contributed by atoms with Crippen LogP contribution in [-0.2, 0) is 0 Å². The molecule has 0 atom stereocenters. The first kappa shape index (κ1) is 13.1. The van der Waals surface area contributed by atoms with Gasteiger partial charge in [-0.2, -0.15) is 0 Å². The highest BCUT2D eigenvalue weighted by Crippen LogP contribution is 2.35. The van der Waals surface area contributed by atoms with E-state index >= 15 is 0 Å². The fourth-order valence-electron chi connectivity index (χ4n) is 3.43. The Kier molecular flexibility index (Phi) is 2.83. The standard InChI is InChI=1S/C21H19N/c1-14-11-12-17-20(13-14)22(18-9-5-4-7-15(18)2)19-10-6-8-16(3)21(17)19/h4-13H,1-3H3. The second-order valence-corrected chi connectivity index (χ2v) is 6.11. The second-order valence-electron chi connectivity index (χ2n) is 6.11. The van der Waals surface area contributed by atoms with Gasteiger partial charge in [-0.15, -0.1) is 0 Å². The number of para-hydroxylation sites is 1. The molecule has 4 aromatic rings. The summed E-state index contributed by atoms with van der Waals surface area (Å²) in [7, 11) is 0. The molecule has 0 unspecified atom stereocenters. The molecule has 0 saturated carbocycles. The Morgan fingerprint density at radius 3 is 2.27 bits per heavy atom. The monoisotopic (exact) mass is 285 g/mol. The van der Waals surface area contributed by atoms with E-state index < -0.39 is 0 Å². The Balaban J connectivity index is 2.27. The Bertz CT molecular complexity index is 1010. The molecule has 4 rings (SSSR count). The number of fused-ring (bicyclic) bond motifs is 3. The molecule has 0 fully saturated rings.